The van der Waals surface area contributed by atoms with Gasteiger partial charge in [0.2, 0.25) is 0 Å². The maximum absolute atomic E-state index is 12.0. The van der Waals surface area contributed by atoms with Crippen LogP contribution in [0, 0.1) is 6.92 Å². The lowest BCUT2D eigenvalue weighted by molar-refractivity contribution is 0.0951. The number of nitrogens with two attached hydrogens (primary N) is 1. The molecule has 0 bridgehead atoms. The highest BCUT2D eigenvalue weighted by Gasteiger charge is 2.10. The van der Waals surface area contributed by atoms with E-state index in [1.165, 1.54) is 0 Å². The molecular formula is C14H14ClN3O. The molecule has 1 amide bonds. The summed E-state index contributed by atoms with van der Waals surface area (Å²) in [4.78, 5) is 16.3. The van der Waals surface area contributed by atoms with E-state index < -0.39 is 0 Å². The number of nitrogens with zero attached hydrogens (tertiary/aromatic N) is 1. The number of aryl methyl sites for hydroxylation is 1. The number of halogens is 1. The van der Waals surface area contributed by atoms with Crippen LogP contribution in [0.1, 0.15) is 21.7 Å². The lowest BCUT2D eigenvalue weighted by Gasteiger charge is -2.08. The Kier molecular flexibility index (Phi) is 4.02. The van der Waals surface area contributed by atoms with Crippen molar-refractivity contribution in [1.29, 1.82) is 0 Å². The van der Waals surface area contributed by atoms with E-state index in [0.717, 1.165) is 11.4 Å². The van der Waals surface area contributed by atoms with E-state index >= 15 is 0 Å². The second-order valence-corrected chi connectivity index (χ2v) is 4.62. The van der Waals surface area contributed by atoms with Gasteiger partial charge in [-0.05, 0) is 37.3 Å². The fourth-order valence-corrected chi connectivity index (χ4v) is 1.86. The Morgan fingerprint density at radius 3 is 2.89 bits per heavy atom. The summed E-state index contributed by atoms with van der Waals surface area (Å²) in [5.74, 6) is -0.261. The third-order valence-electron chi connectivity index (χ3n) is 2.64. The number of carbonyl (C=O) groups is 1. The van der Waals surface area contributed by atoms with Gasteiger partial charge < -0.3 is 11.1 Å². The van der Waals surface area contributed by atoms with Crippen LogP contribution in [0.2, 0.25) is 5.02 Å². The van der Waals surface area contributed by atoms with E-state index in [1.807, 2.05) is 25.1 Å². The van der Waals surface area contributed by atoms with E-state index in [-0.39, 0.29) is 5.91 Å². The van der Waals surface area contributed by atoms with Crippen LogP contribution < -0.4 is 11.1 Å². The molecule has 0 spiro atoms. The first kappa shape index (κ1) is 13.4. The number of hydrogen-bond acceptors (Lipinski definition) is 3. The highest BCUT2D eigenvalue weighted by atomic mass is 35.5. The quantitative estimate of drug-likeness (QED) is 0.846. The molecule has 3 N–H and O–H groups in total. The van der Waals surface area contributed by atoms with E-state index in [4.69, 9.17) is 17.3 Å². The van der Waals surface area contributed by atoms with Gasteiger partial charge >= 0.3 is 0 Å². The van der Waals surface area contributed by atoms with Crippen LogP contribution in [0.5, 0.6) is 0 Å². The molecule has 98 valence electrons. The molecule has 4 nitrogen and oxygen atoms in total. The number of aromatic nitrogens is 1. The minimum Gasteiger partial charge on any atom is -0.398 e. The highest BCUT2D eigenvalue weighted by Crippen LogP contribution is 2.17. The lowest BCUT2D eigenvalue weighted by atomic mass is 10.1. The van der Waals surface area contributed by atoms with Crippen molar-refractivity contribution in [2.24, 2.45) is 0 Å². The molecular weight excluding hydrogens is 262 g/mol. The molecule has 0 aliphatic rings. The Bertz CT molecular complexity index is 613. The summed E-state index contributed by atoms with van der Waals surface area (Å²) >= 11 is 5.85. The first-order valence-corrected chi connectivity index (χ1v) is 6.20. The molecule has 0 aliphatic heterocycles. The van der Waals surface area contributed by atoms with Gasteiger partial charge in [0, 0.05) is 16.4 Å². The monoisotopic (exact) mass is 275 g/mol. The largest absolute Gasteiger partial charge is 0.398 e. The van der Waals surface area contributed by atoms with Gasteiger partial charge in [0.15, 0.2) is 0 Å². The van der Waals surface area contributed by atoms with E-state index in [9.17, 15) is 4.79 Å². The smallest absolute Gasteiger partial charge is 0.253 e. The van der Waals surface area contributed by atoms with Crippen molar-refractivity contribution in [2.75, 3.05) is 5.73 Å². The third-order valence-corrected chi connectivity index (χ3v) is 2.87. The number of nitrogen functional groups attached to an aromatic ring is 1. The van der Waals surface area contributed by atoms with Crippen LogP contribution in [0.4, 0.5) is 5.69 Å². The molecule has 0 fully saturated rings. The van der Waals surface area contributed by atoms with E-state index in [0.29, 0.717) is 22.8 Å². The summed E-state index contributed by atoms with van der Waals surface area (Å²) in [6.07, 6.45) is 0. The fourth-order valence-electron chi connectivity index (χ4n) is 1.69. The maximum atomic E-state index is 12.0. The molecule has 1 heterocycles. The zero-order chi connectivity index (χ0) is 13.8. The van der Waals surface area contributed by atoms with Crippen molar-refractivity contribution in [1.82, 2.24) is 10.3 Å². The summed E-state index contributed by atoms with van der Waals surface area (Å²) in [5, 5.41) is 3.25. The van der Waals surface area contributed by atoms with Gasteiger partial charge in [-0.3, -0.25) is 9.78 Å². The Balaban J connectivity index is 2.07. The highest BCUT2D eigenvalue weighted by molar-refractivity contribution is 6.31. The molecule has 0 unspecified atom stereocenters. The zero-order valence-electron chi connectivity index (χ0n) is 10.5. The summed E-state index contributed by atoms with van der Waals surface area (Å²) in [6, 6.07) is 10.5. The van der Waals surface area contributed by atoms with Crippen molar-refractivity contribution in [2.45, 2.75) is 13.5 Å². The van der Waals surface area contributed by atoms with Crippen LogP contribution in [-0.4, -0.2) is 10.9 Å². The van der Waals surface area contributed by atoms with Crippen LogP contribution in [-0.2, 0) is 6.54 Å². The molecule has 19 heavy (non-hydrogen) atoms. The molecule has 0 radical (unpaired) electrons. The minimum absolute atomic E-state index is 0.261. The molecule has 1 aromatic carbocycles. The number of anilines is 1. The second kappa shape index (κ2) is 5.71. The van der Waals surface area contributed by atoms with E-state index in [1.54, 1.807) is 18.2 Å². The van der Waals surface area contributed by atoms with Gasteiger partial charge in [0.25, 0.3) is 5.91 Å². The SMILES string of the molecule is Cc1cccc(CNC(=O)c2cc(Cl)ccc2N)n1. The van der Waals surface area contributed by atoms with Gasteiger partial charge in [-0.15, -0.1) is 0 Å². The number of hydrogen-bond donors (Lipinski definition) is 2. The van der Waals surface area contributed by atoms with Gasteiger partial charge in [0.1, 0.15) is 0 Å². The molecule has 0 aliphatic carbocycles. The number of benzene rings is 1. The van der Waals surface area contributed by atoms with Gasteiger partial charge in [-0.2, -0.15) is 0 Å². The van der Waals surface area contributed by atoms with Crippen LogP contribution >= 0.6 is 11.6 Å². The fraction of sp³-hybridized carbons (Fsp3) is 0.143. The Morgan fingerprint density at radius 2 is 2.16 bits per heavy atom. The van der Waals surface area contributed by atoms with Crippen molar-refractivity contribution in [3.63, 3.8) is 0 Å². The van der Waals surface area contributed by atoms with Gasteiger partial charge in [-0.1, -0.05) is 17.7 Å². The second-order valence-electron chi connectivity index (χ2n) is 4.18. The minimum atomic E-state index is -0.261. The molecule has 0 saturated carbocycles. The van der Waals surface area contributed by atoms with Crippen molar-refractivity contribution in [3.8, 4) is 0 Å². The topological polar surface area (TPSA) is 68.0 Å². The Hall–Kier alpha value is -2.07. The summed E-state index contributed by atoms with van der Waals surface area (Å²) in [6.45, 7) is 2.26. The third kappa shape index (κ3) is 3.45. The van der Waals surface area contributed by atoms with Crippen LogP contribution in [0.15, 0.2) is 36.4 Å². The first-order chi connectivity index (χ1) is 9.06. The molecule has 0 atom stereocenters. The molecule has 2 aromatic rings. The summed E-state index contributed by atoms with van der Waals surface area (Å²) in [5.41, 5.74) is 8.24. The normalized spacial score (nSPS) is 10.2. The molecule has 2 rings (SSSR count). The van der Waals surface area contributed by atoms with Gasteiger partial charge in [-0.25, -0.2) is 0 Å². The Morgan fingerprint density at radius 1 is 1.37 bits per heavy atom. The van der Waals surface area contributed by atoms with E-state index in [2.05, 4.69) is 10.3 Å². The van der Waals surface area contributed by atoms with Crippen molar-refractivity contribution >= 4 is 23.2 Å². The number of carbonyl (C=O) groups excluding carboxylic acids is 1. The molecule has 1 aromatic heterocycles. The summed E-state index contributed by atoms with van der Waals surface area (Å²) in [7, 11) is 0. The predicted molar refractivity (Wildman–Crippen MR) is 76.0 cm³/mol. The average Bonchev–Trinajstić information content (AvgIpc) is 2.39. The number of nitrogens with one attached hydrogen (secondary N) is 1. The molecule has 5 heteroatoms. The average molecular weight is 276 g/mol. The predicted octanol–water partition coefficient (Wildman–Crippen LogP) is 2.56. The summed E-state index contributed by atoms with van der Waals surface area (Å²) < 4.78 is 0. The van der Waals surface area contributed by atoms with Gasteiger partial charge in [0.05, 0.1) is 17.8 Å². The number of amides is 1. The molecule has 0 saturated heterocycles. The maximum Gasteiger partial charge on any atom is 0.253 e. The standard InChI is InChI=1S/C14H14ClN3O/c1-9-3-2-4-11(18-9)8-17-14(19)12-7-10(15)5-6-13(12)16/h2-7H,8,16H2,1H3,(H,17,19). The van der Waals surface area contributed by atoms with Crippen LogP contribution in [0.3, 0.4) is 0 Å². The zero-order valence-corrected chi connectivity index (χ0v) is 11.2. The number of rotatable bonds is 3. The first-order valence-electron chi connectivity index (χ1n) is 5.82. The van der Waals surface area contributed by atoms with Crippen molar-refractivity contribution < 1.29 is 4.79 Å². The Labute approximate surface area is 116 Å². The number of pyridine rings is 1. The lowest BCUT2D eigenvalue weighted by Crippen LogP contribution is -2.24. The van der Waals surface area contributed by atoms with Crippen molar-refractivity contribution in [3.05, 3.63) is 58.4 Å². The van der Waals surface area contributed by atoms with Crippen LogP contribution in [0.25, 0.3) is 0 Å².